The van der Waals surface area contributed by atoms with Crippen molar-refractivity contribution in [3.05, 3.63) is 48.3 Å². The van der Waals surface area contributed by atoms with Gasteiger partial charge in [-0.2, -0.15) is 0 Å². The predicted molar refractivity (Wildman–Crippen MR) is 146 cm³/mol. The van der Waals surface area contributed by atoms with Gasteiger partial charge in [0.2, 0.25) is 16.9 Å². The van der Waals surface area contributed by atoms with Crippen LogP contribution in [0.2, 0.25) is 0 Å². The summed E-state index contributed by atoms with van der Waals surface area (Å²) < 4.78 is 5.45. The number of morpholine rings is 1. The number of carbonyl (C=O) groups is 2. The van der Waals surface area contributed by atoms with Gasteiger partial charge in [0.25, 0.3) is 0 Å². The monoisotopic (exact) mass is 522 g/mol. The number of aromatic nitrogens is 1. The minimum Gasteiger partial charge on any atom is -0.378 e. The Balaban J connectivity index is 1.05. The molecule has 37 heavy (non-hydrogen) atoms. The van der Waals surface area contributed by atoms with E-state index in [0.717, 1.165) is 75.8 Å². The number of carbonyl (C=O) groups excluding carboxylic acids is 2. The van der Waals surface area contributed by atoms with E-state index >= 15 is 0 Å². The standard InChI is InChI=1S/C27H34N6O3S/c34-25(32-14-12-31(13-15-32)24-6-3-4-10-28-24)7-2-1-5-11-33-26(35)22-20-21(30-16-18-36-19-17-30)8-9-23(22)29-27(33)37/h3-4,6,8-10,20,22H,1-2,5,7,11-19H2. The zero-order chi connectivity index (χ0) is 25.6. The Bertz CT molecular complexity index is 1090. The highest BCUT2D eigenvalue weighted by atomic mass is 32.1. The first-order valence-corrected chi connectivity index (χ1v) is 13.6. The highest BCUT2D eigenvalue weighted by Crippen LogP contribution is 2.25. The third-order valence-electron chi connectivity index (χ3n) is 7.32. The number of hydrogen-bond donors (Lipinski definition) is 0. The fraction of sp³-hybridized carbons (Fsp3) is 0.519. The SMILES string of the molecule is O=C(CCCCCN1C(=O)C2C=C(N3CCOCC3)C=CC2=NC1=S)N1CCN(c2ccccn2)CC1. The third-order valence-corrected chi connectivity index (χ3v) is 7.63. The van der Waals surface area contributed by atoms with Crippen LogP contribution in [0.1, 0.15) is 25.7 Å². The highest BCUT2D eigenvalue weighted by Gasteiger charge is 2.35. The molecular formula is C27H34N6O3S. The second-order valence-electron chi connectivity index (χ2n) is 9.68. The van der Waals surface area contributed by atoms with Crippen molar-refractivity contribution in [2.24, 2.45) is 10.9 Å². The zero-order valence-electron chi connectivity index (χ0n) is 21.1. The van der Waals surface area contributed by atoms with E-state index in [2.05, 4.69) is 19.8 Å². The van der Waals surface area contributed by atoms with Crippen molar-refractivity contribution >= 4 is 40.7 Å². The first-order valence-electron chi connectivity index (χ1n) is 13.2. The molecule has 0 radical (unpaired) electrons. The Morgan fingerprint density at radius 3 is 2.57 bits per heavy atom. The molecule has 196 valence electrons. The number of fused-ring (bicyclic) bond motifs is 1. The van der Waals surface area contributed by atoms with E-state index in [9.17, 15) is 9.59 Å². The van der Waals surface area contributed by atoms with Crippen molar-refractivity contribution in [2.45, 2.75) is 25.7 Å². The van der Waals surface area contributed by atoms with E-state index in [1.54, 1.807) is 11.1 Å². The zero-order valence-corrected chi connectivity index (χ0v) is 21.9. The summed E-state index contributed by atoms with van der Waals surface area (Å²) in [6.45, 7) is 6.64. The third kappa shape index (κ3) is 6.07. The number of piperazine rings is 1. The number of pyridine rings is 1. The molecular weight excluding hydrogens is 488 g/mol. The average molecular weight is 523 g/mol. The van der Waals surface area contributed by atoms with Crippen molar-refractivity contribution in [1.29, 1.82) is 0 Å². The molecule has 0 saturated carbocycles. The molecule has 1 aromatic heterocycles. The number of aliphatic imine (C=N–C) groups is 1. The number of rotatable bonds is 8. The molecule has 0 aromatic carbocycles. The Morgan fingerprint density at radius 2 is 1.81 bits per heavy atom. The smallest absolute Gasteiger partial charge is 0.241 e. The number of thiocarbonyl (C=S) groups is 1. The summed E-state index contributed by atoms with van der Waals surface area (Å²) in [4.78, 5) is 43.0. The van der Waals surface area contributed by atoms with Crippen LogP contribution >= 0.6 is 12.2 Å². The Labute approximate surface area is 223 Å². The van der Waals surface area contributed by atoms with Crippen LogP contribution in [0.5, 0.6) is 0 Å². The number of anilines is 1. The van der Waals surface area contributed by atoms with E-state index in [4.69, 9.17) is 17.0 Å². The van der Waals surface area contributed by atoms with Crippen LogP contribution in [0.3, 0.4) is 0 Å². The Morgan fingerprint density at radius 1 is 1.00 bits per heavy atom. The van der Waals surface area contributed by atoms with Gasteiger partial charge in [-0.15, -0.1) is 0 Å². The van der Waals surface area contributed by atoms with E-state index in [1.807, 2.05) is 41.3 Å². The lowest BCUT2D eigenvalue weighted by Gasteiger charge is -2.35. The van der Waals surface area contributed by atoms with Gasteiger partial charge in [-0.05, 0) is 55.4 Å². The topological polar surface area (TPSA) is 81.6 Å². The first kappa shape index (κ1) is 25.5. The molecule has 0 bridgehead atoms. The maximum absolute atomic E-state index is 13.3. The molecule has 2 amide bonds. The number of hydrogen-bond acceptors (Lipinski definition) is 7. The summed E-state index contributed by atoms with van der Waals surface area (Å²) in [5.74, 6) is 0.774. The molecule has 4 aliphatic rings. The van der Waals surface area contributed by atoms with E-state index < -0.39 is 0 Å². The summed E-state index contributed by atoms with van der Waals surface area (Å²) in [6.07, 6.45) is 10.7. The first-order chi connectivity index (χ1) is 18.1. The number of ether oxygens (including phenoxy) is 1. The van der Waals surface area contributed by atoms with Crippen LogP contribution < -0.4 is 4.90 Å². The number of unbranched alkanes of at least 4 members (excludes halogenated alkanes) is 2. The Kier molecular flexibility index (Phi) is 8.25. The minimum absolute atomic E-state index is 0.00744. The van der Waals surface area contributed by atoms with Gasteiger partial charge in [0.15, 0.2) is 0 Å². The fourth-order valence-electron chi connectivity index (χ4n) is 5.17. The average Bonchev–Trinajstić information content (AvgIpc) is 2.95. The van der Waals surface area contributed by atoms with Gasteiger partial charge in [-0.3, -0.25) is 14.5 Å². The molecule has 1 aromatic rings. The summed E-state index contributed by atoms with van der Waals surface area (Å²) in [7, 11) is 0. The van der Waals surface area contributed by atoms with Crippen molar-refractivity contribution in [2.75, 3.05) is 63.9 Å². The van der Waals surface area contributed by atoms with Crippen LogP contribution in [-0.4, -0.2) is 101 Å². The van der Waals surface area contributed by atoms with Gasteiger partial charge in [-0.25, -0.2) is 9.98 Å². The van der Waals surface area contributed by atoms with Gasteiger partial charge < -0.3 is 19.4 Å². The van der Waals surface area contributed by atoms with Gasteiger partial charge in [0.1, 0.15) is 11.7 Å². The molecule has 5 rings (SSSR count). The van der Waals surface area contributed by atoms with E-state index in [0.29, 0.717) is 31.3 Å². The highest BCUT2D eigenvalue weighted by molar-refractivity contribution is 7.80. The molecule has 0 spiro atoms. The second kappa shape index (κ2) is 12.0. The molecule has 1 unspecified atom stereocenters. The van der Waals surface area contributed by atoms with Crippen LogP contribution in [0.4, 0.5) is 5.82 Å². The van der Waals surface area contributed by atoms with Crippen molar-refractivity contribution < 1.29 is 14.3 Å². The van der Waals surface area contributed by atoms with E-state index in [-0.39, 0.29) is 17.7 Å². The van der Waals surface area contributed by atoms with Crippen LogP contribution in [-0.2, 0) is 14.3 Å². The van der Waals surface area contributed by atoms with Crippen molar-refractivity contribution in [1.82, 2.24) is 19.7 Å². The molecule has 3 aliphatic heterocycles. The number of nitrogens with zero attached hydrogens (tertiary/aromatic N) is 6. The molecule has 1 atom stereocenters. The van der Waals surface area contributed by atoms with Crippen LogP contribution in [0.15, 0.2) is 53.3 Å². The van der Waals surface area contributed by atoms with Crippen molar-refractivity contribution in [3.63, 3.8) is 0 Å². The molecule has 0 N–H and O–H groups in total. The van der Waals surface area contributed by atoms with Gasteiger partial charge in [0, 0.05) is 64.1 Å². The van der Waals surface area contributed by atoms with Gasteiger partial charge >= 0.3 is 0 Å². The fourth-order valence-corrected chi connectivity index (χ4v) is 5.46. The largest absolute Gasteiger partial charge is 0.378 e. The lowest BCUT2D eigenvalue weighted by atomic mass is 9.93. The molecule has 2 fully saturated rings. The number of amides is 2. The summed E-state index contributed by atoms with van der Waals surface area (Å²) in [5.41, 5.74) is 1.77. The quantitative estimate of drug-likeness (QED) is 0.383. The molecule has 9 nitrogen and oxygen atoms in total. The Hall–Kier alpha value is -3.11. The van der Waals surface area contributed by atoms with Crippen molar-refractivity contribution in [3.8, 4) is 0 Å². The van der Waals surface area contributed by atoms with E-state index in [1.165, 1.54) is 0 Å². The lowest BCUT2D eigenvalue weighted by molar-refractivity contribution is -0.132. The lowest BCUT2D eigenvalue weighted by Crippen LogP contribution is -2.49. The maximum atomic E-state index is 13.3. The van der Waals surface area contributed by atoms with Gasteiger partial charge in [0.05, 0.1) is 18.9 Å². The maximum Gasteiger partial charge on any atom is 0.241 e. The summed E-state index contributed by atoms with van der Waals surface area (Å²) in [5, 5.41) is 0.339. The molecule has 10 heteroatoms. The van der Waals surface area contributed by atoms with Gasteiger partial charge in [-0.1, -0.05) is 12.5 Å². The van der Waals surface area contributed by atoms with Crippen LogP contribution in [0.25, 0.3) is 0 Å². The molecule has 2 saturated heterocycles. The number of allylic oxidation sites excluding steroid dienone is 2. The summed E-state index contributed by atoms with van der Waals surface area (Å²) >= 11 is 5.44. The molecule has 1 aliphatic carbocycles. The predicted octanol–water partition coefficient (Wildman–Crippen LogP) is 2.26. The molecule has 4 heterocycles. The second-order valence-corrected chi connectivity index (χ2v) is 10.0. The van der Waals surface area contributed by atoms with Crippen LogP contribution in [0, 0.1) is 5.92 Å². The summed E-state index contributed by atoms with van der Waals surface area (Å²) in [6, 6.07) is 5.91. The minimum atomic E-state index is -0.388. The normalized spacial score (nSPS) is 22.1.